The summed E-state index contributed by atoms with van der Waals surface area (Å²) < 4.78 is 31.2. The Balaban J connectivity index is 2.01. The predicted octanol–water partition coefficient (Wildman–Crippen LogP) is 7.00. The number of hydrogen-bond acceptors (Lipinski definition) is 4. The molecule has 0 radical (unpaired) electrons. The summed E-state index contributed by atoms with van der Waals surface area (Å²) in [5.74, 6) is 0.103. The third kappa shape index (κ3) is 11.8. The summed E-state index contributed by atoms with van der Waals surface area (Å²) in [6.07, 6.45) is 18.4. The van der Waals surface area contributed by atoms with Gasteiger partial charge < -0.3 is 10.2 Å². The van der Waals surface area contributed by atoms with E-state index in [1.165, 1.54) is 76.7 Å². The van der Waals surface area contributed by atoms with Crippen molar-refractivity contribution < 1.29 is 23.2 Å². The summed E-state index contributed by atoms with van der Waals surface area (Å²) in [7, 11) is -4.54. The largest absolute Gasteiger partial charge is 0.508 e. The first-order chi connectivity index (χ1) is 14.2. The fraction of sp³-hybridized carbons (Fsp3) is 0.750. The van der Waals surface area contributed by atoms with E-state index >= 15 is 0 Å². The van der Waals surface area contributed by atoms with E-state index in [0.717, 1.165) is 31.2 Å². The van der Waals surface area contributed by atoms with Crippen LogP contribution in [0.5, 0.6) is 11.5 Å². The summed E-state index contributed by atoms with van der Waals surface area (Å²) in [6.45, 7) is 4.59. The monoisotopic (exact) mass is 442 g/mol. The van der Waals surface area contributed by atoms with Crippen molar-refractivity contribution in [1.29, 1.82) is 0 Å². The second-order valence-corrected chi connectivity index (χ2v) is 10.3. The number of phenolic OH excluding ortho intramolecular Hbond substituents is 2. The minimum atomic E-state index is -4.54. The van der Waals surface area contributed by atoms with E-state index in [9.17, 15) is 18.6 Å². The number of aryl methyl sites for hydroxylation is 1. The molecular weight excluding hydrogens is 400 g/mol. The predicted molar refractivity (Wildman–Crippen MR) is 123 cm³/mol. The topological polar surface area (TPSA) is 94.8 Å². The first kappa shape index (κ1) is 26.8. The molecule has 0 amide bonds. The van der Waals surface area contributed by atoms with E-state index in [-0.39, 0.29) is 5.75 Å². The summed E-state index contributed by atoms with van der Waals surface area (Å²) >= 11 is 0. The Morgan fingerprint density at radius 1 is 0.700 bits per heavy atom. The highest BCUT2D eigenvalue weighted by atomic mass is 32.2. The Bertz CT molecular complexity index is 698. The number of hydrogen-bond donors (Lipinski definition) is 3. The maximum atomic E-state index is 11.1. The van der Waals surface area contributed by atoms with Crippen molar-refractivity contribution in [2.75, 3.05) is 0 Å². The van der Waals surface area contributed by atoms with Gasteiger partial charge in [-0.25, -0.2) is 0 Å². The highest BCUT2D eigenvalue weighted by Crippen LogP contribution is 2.31. The van der Waals surface area contributed by atoms with Crippen LogP contribution in [0.25, 0.3) is 0 Å². The van der Waals surface area contributed by atoms with E-state index in [1.54, 1.807) is 0 Å². The molecule has 0 spiro atoms. The van der Waals surface area contributed by atoms with Crippen molar-refractivity contribution in [3.63, 3.8) is 0 Å². The highest BCUT2D eigenvalue weighted by Gasteiger charge is 2.18. The van der Waals surface area contributed by atoms with Gasteiger partial charge in [-0.3, -0.25) is 4.55 Å². The zero-order chi connectivity index (χ0) is 22.4. The summed E-state index contributed by atoms with van der Waals surface area (Å²) in [6, 6.07) is 2.13. The Hall–Kier alpha value is -1.27. The molecule has 174 valence electrons. The molecule has 1 aromatic rings. The molecule has 0 saturated heterocycles. The molecule has 0 heterocycles. The highest BCUT2D eigenvalue weighted by molar-refractivity contribution is 7.86. The maximum Gasteiger partial charge on any atom is 0.298 e. The standard InChI is InChI=1S/C24H42O5S/c1-20(2)16-14-12-10-8-6-4-3-5-7-9-11-13-15-17-21-18-23(26)24(19-22(21)25)30(27,28)29/h18-20,25-26H,3-17H2,1-2H3,(H,27,28,29). The number of rotatable bonds is 17. The molecule has 0 aromatic heterocycles. The van der Waals surface area contributed by atoms with Crippen molar-refractivity contribution in [2.45, 2.75) is 115 Å². The Kier molecular flexibility index (Phi) is 13.1. The maximum absolute atomic E-state index is 11.1. The third-order valence-corrected chi connectivity index (χ3v) is 6.55. The molecule has 30 heavy (non-hydrogen) atoms. The molecule has 0 aliphatic heterocycles. The van der Waals surface area contributed by atoms with Gasteiger partial charge in [0.2, 0.25) is 0 Å². The van der Waals surface area contributed by atoms with E-state index in [0.29, 0.717) is 12.0 Å². The lowest BCUT2D eigenvalue weighted by molar-refractivity contribution is 0.429. The third-order valence-electron chi connectivity index (χ3n) is 5.67. The minimum Gasteiger partial charge on any atom is -0.508 e. The Morgan fingerprint density at radius 2 is 1.13 bits per heavy atom. The molecule has 1 rings (SSSR count). The smallest absolute Gasteiger partial charge is 0.298 e. The van der Waals surface area contributed by atoms with Gasteiger partial charge in [0.05, 0.1) is 0 Å². The number of phenols is 2. The molecule has 0 saturated carbocycles. The van der Waals surface area contributed by atoms with Crippen molar-refractivity contribution in [1.82, 2.24) is 0 Å². The quantitative estimate of drug-likeness (QED) is 0.137. The van der Waals surface area contributed by atoms with E-state index in [2.05, 4.69) is 13.8 Å². The summed E-state index contributed by atoms with van der Waals surface area (Å²) in [5, 5.41) is 19.7. The van der Waals surface area contributed by atoms with Crippen LogP contribution in [0.1, 0.15) is 109 Å². The van der Waals surface area contributed by atoms with E-state index in [4.69, 9.17) is 4.55 Å². The molecule has 6 heteroatoms. The van der Waals surface area contributed by atoms with Crippen LogP contribution in [0.3, 0.4) is 0 Å². The molecule has 0 aliphatic carbocycles. The van der Waals surface area contributed by atoms with Gasteiger partial charge in [-0.1, -0.05) is 97.3 Å². The lowest BCUT2D eigenvalue weighted by atomic mass is 10.0. The molecule has 5 nitrogen and oxygen atoms in total. The van der Waals surface area contributed by atoms with Crippen molar-refractivity contribution in [3.05, 3.63) is 17.7 Å². The lowest BCUT2D eigenvalue weighted by Gasteiger charge is -2.08. The first-order valence-corrected chi connectivity index (χ1v) is 13.2. The van der Waals surface area contributed by atoms with Crippen LogP contribution in [0.4, 0.5) is 0 Å². The fourth-order valence-corrected chi connectivity index (χ4v) is 4.40. The summed E-state index contributed by atoms with van der Waals surface area (Å²) in [5.41, 5.74) is 0.504. The van der Waals surface area contributed by atoms with Gasteiger partial charge in [0.15, 0.2) is 0 Å². The Labute approximate surface area is 183 Å². The SMILES string of the molecule is CC(C)CCCCCCCCCCCCCCCc1cc(O)c(S(=O)(=O)O)cc1O. The molecule has 0 bridgehead atoms. The fourth-order valence-electron chi connectivity index (χ4n) is 3.82. The average Bonchev–Trinajstić information content (AvgIpc) is 2.66. The molecular formula is C24H42O5S. The van der Waals surface area contributed by atoms with Crippen LogP contribution in [0.15, 0.2) is 17.0 Å². The van der Waals surface area contributed by atoms with Crippen LogP contribution in [0.2, 0.25) is 0 Å². The van der Waals surface area contributed by atoms with Crippen molar-refractivity contribution in [3.8, 4) is 11.5 Å². The number of aromatic hydroxyl groups is 2. The van der Waals surface area contributed by atoms with Crippen LogP contribution < -0.4 is 0 Å². The van der Waals surface area contributed by atoms with Gasteiger partial charge >= 0.3 is 0 Å². The van der Waals surface area contributed by atoms with Crippen molar-refractivity contribution >= 4 is 10.1 Å². The summed E-state index contributed by atoms with van der Waals surface area (Å²) in [4.78, 5) is -0.658. The van der Waals surface area contributed by atoms with Crippen LogP contribution >= 0.6 is 0 Å². The first-order valence-electron chi connectivity index (χ1n) is 11.7. The van der Waals surface area contributed by atoms with Gasteiger partial charge in [-0.2, -0.15) is 8.42 Å². The van der Waals surface area contributed by atoms with E-state index < -0.39 is 20.8 Å². The zero-order valence-corrected chi connectivity index (χ0v) is 19.7. The molecule has 3 N–H and O–H groups in total. The molecule has 0 aliphatic rings. The van der Waals surface area contributed by atoms with Crippen LogP contribution in [-0.2, 0) is 16.5 Å². The van der Waals surface area contributed by atoms with Gasteiger partial charge in [0.25, 0.3) is 10.1 Å². The van der Waals surface area contributed by atoms with Gasteiger partial charge in [0, 0.05) is 6.07 Å². The minimum absolute atomic E-state index is 0.208. The lowest BCUT2D eigenvalue weighted by Crippen LogP contribution is -1.99. The normalized spacial score (nSPS) is 12.0. The molecule has 0 fully saturated rings. The van der Waals surface area contributed by atoms with Gasteiger partial charge in [-0.15, -0.1) is 0 Å². The van der Waals surface area contributed by atoms with Gasteiger partial charge in [-0.05, 0) is 30.4 Å². The van der Waals surface area contributed by atoms with Gasteiger partial charge in [0.1, 0.15) is 16.4 Å². The molecule has 0 atom stereocenters. The van der Waals surface area contributed by atoms with E-state index in [1.807, 2.05) is 0 Å². The Morgan fingerprint density at radius 3 is 1.57 bits per heavy atom. The molecule has 0 unspecified atom stereocenters. The number of benzene rings is 1. The van der Waals surface area contributed by atoms with Crippen molar-refractivity contribution in [2.24, 2.45) is 5.92 Å². The average molecular weight is 443 g/mol. The van der Waals surface area contributed by atoms with Crippen LogP contribution in [0, 0.1) is 5.92 Å². The van der Waals surface area contributed by atoms with Crippen LogP contribution in [-0.4, -0.2) is 23.2 Å². The second-order valence-electron chi connectivity index (χ2n) is 8.95. The second kappa shape index (κ2) is 14.7. The molecule has 1 aromatic carbocycles. The number of unbranched alkanes of at least 4 members (excludes halogenated alkanes) is 12. The zero-order valence-electron chi connectivity index (χ0n) is 18.9.